The molecule has 122 valence electrons. The summed E-state index contributed by atoms with van der Waals surface area (Å²) in [6.45, 7) is 6.55. The number of aryl methyl sites for hydroxylation is 3. The number of carboxylic acid groups (broad SMARTS) is 1. The third-order valence-electron chi connectivity index (χ3n) is 4.09. The molecule has 2 aromatic carbocycles. The number of aromatic nitrogens is 3. The molecule has 3 aromatic rings. The fourth-order valence-corrected chi connectivity index (χ4v) is 2.70. The summed E-state index contributed by atoms with van der Waals surface area (Å²) in [4.78, 5) is 11.5. The van der Waals surface area contributed by atoms with E-state index in [2.05, 4.69) is 28.5 Å². The van der Waals surface area contributed by atoms with Crippen LogP contribution in [0.15, 0.2) is 42.5 Å². The third kappa shape index (κ3) is 3.06. The number of aromatic carboxylic acids is 1. The van der Waals surface area contributed by atoms with Crippen LogP contribution in [0, 0.1) is 20.8 Å². The van der Waals surface area contributed by atoms with Gasteiger partial charge in [0, 0.05) is 5.56 Å². The highest BCUT2D eigenvalue weighted by molar-refractivity contribution is 5.92. The molecule has 0 atom stereocenters. The number of hydrogen-bond acceptors (Lipinski definition) is 3. The molecule has 0 fully saturated rings. The summed E-state index contributed by atoms with van der Waals surface area (Å²) in [5, 5.41) is 17.4. The topological polar surface area (TPSA) is 68.0 Å². The van der Waals surface area contributed by atoms with Crippen LogP contribution in [0.2, 0.25) is 0 Å². The number of carboxylic acids is 1. The SMILES string of the molecule is Cc1ccc(-c2c(C(=O)O)nnn2Cc2cc(C)ccc2C)cc1. The van der Waals surface area contributed by atoms with Gasteiger partial charge in [-0.05, 0) is 31.9 Å². The van der Waals surface area contributed by atoms with E-state index in [0.29, 0.717) is 12.2 Å². The largest absolute Gasteiger partial charge is 0.476 e. The van der Waals surface area contributed by atoms with E-state index in [1.165, 1.54) is 0 Å². The molecular weight excluding hydrogens is 302 g/mol. The Balaban J connectivity index is 2.10. The maximum Gasteiger partial charge on any atom is 0.358 e. The van der Waals surface area contributed by atoms with Crippen LogP contribution in [-0.2, 0) is 6.54 Å². The molecule has 0 unspecified atom stereocenters. The molecule has 0 amide bonds. The molecule has 0 saturated heterocycles. The smallest absolute Gasteiger partial charge is 0.358 e. The van der Waals surface area contributed by atoms with Gasteiger partial charge < -0.3 is 5.11 Å². The summed E-state index contributed by atoms with van der Waals surface area (Å²) >= 11 is 0. The standard InChI is InChI=1S/C19H19N3O2/c1-12-5-8-15(9-6-12)18-17(19(23)24)20-21-22(18)11-16-10-13(2)4-7-14(16)3/h4-10H,11H2,1-3H3,(H,23,24). The van der Waals surface area contributed by atoms with E-state index >= 15 is 0 Å². The minimum Gasteiger partial charge on any atom is -0.476 e. The number of benzene rings is 2. The van der Waals surface area contributed by atoms with Crippen molar-refractivity contribution in [1.29, 1.82) is 0 Å². The van der Waals surface area contributed by atoms with Crippen molar-refractivity contribution >= 4 is 5.97 Å². The minimum absolute atomic E-state index is 0.0239. The predicted octanol–water partition coefficient (Wildman–Crippen LogP) is 3.62. The summed E-state index contributed by atoms with van der Waals surface area (Å²) in [6, 6.07) is 13.9. The number of hydrogen-bond donors (Lipinski definition) is 1. The van der Waals surface area contributed by atoms with E-state index in [9.17, 15) is 9.90 Å². The summed E-state index contributed by atoms with van der Waals surface area (Å²) in [5.41, 5.74) is 5.82. The first-order valence-electron chi connectivity index (χ1n) is 7.75. The van der Waals surface area contributed by atoms with E-state index in [1.54, 1.807) is 4.68 Å². The van der Waals surface area contributed by atoms with Crippen molar-refractivity contribution in [3.8, 4) is 11.3 Å². The van der Waals surface area contributed by atoms with Crippen LogP contribution in [0.4, 0.5) is 0 Å². The minimum atomic E-state index is -1.07. The molecule has 0 spiro atoms. The van der Waals surface area contributed by atoms with E-state index in [1.807, 2.05) is 45.0 Å². The lowest BCUT2D eigenvalue weighted by Gasteiger charge is -2.11. The van der Waals surface area contributed by atoms with Crippen LogP contribution in [0.1, 0.15) is 32.7 Å². The molecule has 5 nitrogen and oxygen atoms in total. The molecule has 0 aliphatic rings. The first-order chi connectivity index (χ1) is 11.5. The van der Waals surface area contributed by atoms with Crippen LogP contribution in [0.5, 0.6) is 0 Å². The quantitative estimate of drug-likeness (QED) is 0.797. The van der Waals surface area contributed by atoms with E-state index < -0.39 is 5.97 Å². The van der Waals surface area contributed by atoms with Crippen molar-refractivity contribution in [2.45, 2.75) is 27.3 Å². The first-order valence-corrected chi connectivity index (χ1v) is 7.75. The molecule has 24 heavy (non-hydrogen) atoms. The first kappa shape index (κ1) is 15.9. The Morgan fingerprint density at radius 1 is 1.04 bits per heavy atom. The van der Waals surface area contributed by atoms with Gasteiger partial charge in [-0.2, -0.15) is 0 Å². The molecule has 3 rings (SSSR count). The fourth-order valence-electron chi connectivity index (χ4n) is 2.70. The van der Waals surface area contributed by atoms with Gasteiger partial charge in [0.25, 0.3) is 0 Å². The molecule has 1 aromatic heterocycles. The van der Waals surface area contributed by atoms with Gasteiger partial charge in [-0.25, -0.2) is 9.48 Å². The zero-order chi connectivity index (χ0) is 17.3. The Bertz CT molecular complexity index is 895. The van der Waals surface area contributed by atoms with Crippen molar-refractivity contribution in [2.24, 2.45) is 0 Å². The van der Waals surface area contributed by atoms with Crippen molar-refractivity contribution in [1.82, 2.24) is 15.0 Å². The van der Waals surface area contributed by atoms with Crippen LogP contribution < -0.4 is 0 Å². The lowest BCUT2D eigenvalue weighted by Crippen LogP contribution is -2.07. The van der Waals surface area contributed by atoms with Gasteiger partial charge in [-0.1, -0.05) is 58.8 Å². The van der Waals surface area contributed by atoms with Crippen molar-refractivity contribution in [2.75, 3.05) is 0 Å². The summed E-state index contributed by atoms with van der Waals surface area (Å²) in [6.07, 6.45) is 0. The predicted molar refractivity (Wildman–Crippen MR) is 92.2 cm³/mol. The second-order valence-electron chi connectivity index (χ2n) is 6.05. The van der Waals surface area contributed by atoms with Gasteiger partial charge >= 0.3 is 5.97 Å². The van der Waals surface area contributed by atoms with Gasteiger partial charge in [0.1, 0.15) is 5.69 Å². The Labute approximate surface area is 140 Å². The molecule has 0 radical (unpaired) electrons. The molecule has 0 saturated carbocycles. The van der Waals surface area contributed by atoms with E-state index in [4.69, 9.17) is 0 Å². The van der Waals surface area contributed by atoms with Gasteiger partial charge in [-0.3, -0.25) is 0 Å². The number of carbonyl (C=O) groups is 1. The molecule has 1 N–H and O–H groups in total. The zero-order valence-electron chi connectivity index (χ0n) is 13.9. The highest BCUT2D eigenvalue weighted by Crippen LogP contribution is 2.24. The highest BCUT2D eigenvalue weighted by atomic mass is 16.4. The number of rotatable bonds is 4. The molecule has 0 bridgehead atoms. The number of nitrogens with zero attached hydrogens (tertiary/aromatic N) is 3. The van der Waals surface area contributed by atoms with Gasteiger partial charge in [0.15, 0.2) is 5.69 Å². The van der Waals surface area contributed by atoms with Crippen molar-refractivity contribution in [3.63, 3.8) is 0 Å². The normalized spacial score (nSPS) is 10.8. The lowest BCUT2D eigenvalue weighted by molar-refractivity contribution is 0.0691. The summed E-state index contributed by atoms with van der Waals surface area (Å²) < 4.78 is 1.66. The van der Waals surface area contributed by atoms with Gasteiger partial charge in [0.2, 0.25) is 0 Å². The summed E-state index contributed by atoms with van der Waals surface area (Å²) in [5.74, 6) is -1.07. The van der Waals surface area contributed by atoms with Crippen LogP contribution in [0.3, 0.4) is 0 Å². The molecular formula is C19H19N3O2. The average Bonchev–Trinajstić information content (AvgIpc) is 2.95. The highest BCUT2D eigenvalue weighted by Gasteiger charge is 2.21. The van der Waals surface area contributed by atoms with Crippen LogP contribution >= 0.6 is 0 Å². The fraction of sp³-hybridized carbons (Fsp3) is 0.211. The Kier molecular flexibility index (Phi) is 4.16. The van der Waals surface area contributed by atoms with E-state index in [0.717, 1.165) is 27.8 Å². The third-order valence-corrected chi connectivity index (χ3v) is 4.09. The Morgan fingerprint density at radius 2 is 1.71 bits per heavy atom. The molecule has 0 aliphatic heterocycles. The molecule has 1 heterocycles. The maximum atomic E-state index is 11.5. The second-order valence-corrected chi connectivity index (χ2v) is 6.05. The second kappa shape index (κ2) is 6.28. The lowest BCUT2D eigenvalue weighted by atomic mass is 10.0. The van der Waals surface area contributed by atoms with Crippen LogP contribution in [-0.4, -0.2) is 26.1 Å². The maximum absolute atomic E-state index is 11.5. The van der Waals surface area contributed by atoms with Crippen molar-refractivity contribution in [3.05, 3.63) is 70.4 Å². The van der Waals surface area contributed by atoms with Gasteiger partial charge in [0.05, 0.1) is 6.54 Å². The van der Waals surface area contributed by atoms with Crippen LogP contribution in [0.25, 0.3) is 11.3 Å². The average molecular weight is 321 g/mol. The monoisotopic (exact) mass is 321 g/mol. The zero-order valence-corrected chi connectivity index (χ0v) is 13.9. The van der Waals surface area contributed by atoms with Crippen molar-refractivity contribution < 1.29 is 9.90 Å². The summed E-state index contributed by atoms with van der Waals surface area (Å²) in [7, 11) is 0. The Morgan fingerprint density at radius 3 is 2.38 bits per heavy atom. The Hall–Kier alpha value is -2.95. The van der Waals surface area contributed by atoms with E-state index in [-0.39, 0.29) is 5.69 Å². The molecule has 0 aliphatic carbocycles. The molecule has 5 heteroatoms. The van der Waals surface area contributed by atoms with Gasteiger partial charge in [-0.15, -0.1) is 5.10 Å².